The maximum Gasteiger partial charge on any atom is 0.0796 e. The Morgan fingerprint density at radius 3 is 1.00 bits per heavy atom. The van der Waals surface area contributed by atoms with E-state index in [1.807, 2.05) is 97.6 Å². The summed E-state index contributed by atoms with van der Waals surface area (Å²) >= 11 is 0. The van der Waals surface area contributed by atoms with E-state index in [4.69, 9.17) is 0 Å². The van der Waals surface area contributed by atoms with E-state index >= 15 is 0 Å². The number of nitrogens with zero attached hydrogens (tertiary/aromatic N) is 6. The van der Waals surface area contributed by atoms with Crippen LogP contribution in [0.5, 0.6) is 0 Å². The van der Waals surface area contributed by atoms with E-state index in [9.17, 15) is 0 Å². The summed E-state index contributed by atoms with van der Waals surface area (Å²) in [6.45, 7) is 0. The Kier molecular flexibility index (Phi) is 9.02. The normalized spacial score (nSPS) is 9.95. The molecular weight excluding hydrogens is 637 g/mol. The molecule has 0 unspecified atom stereocenters. The summed E-state index contributed by atoms with van der Waals surface area (Å²) in [6, 6.07) is 23.7. The summed E-state index contributed by atoms with van der Waals surface area (Å²) < 4.78 is 0. The van der Waals surface area contributed by atoms with Crippen molar-refractivity contribution >= 4 is 0 Å². The second-order valence-electron chi connectivity index (χ2n) is 7.77. The fourth-order valence-corrected chi connectivity index (χ4v) is 3.79. The monoisotopic (exact) mass is 659 g/mol. The van der Waals surface area contributed by atoms with Crippen LogP contribution >= 0.6 is 0 Å². The molecule has 0 fully saturated rings. The molecule has 6 aromatic heterocycles. The van der Waals surface area contributed by atoms with Gasteiger partial charge in [-0.1, -0.05) is 24.3 Å². The second-order valence-corrected chi connectivity index (χ2v) is 7.77. The van der Waals surface area contributed by atoms with Crippen LogP contribution in [0.4, 0.5) is 0 Å². The van der Waals surface area contributed by atoms with Crippen molar-refractivity contribution in [1.82, 2.24) is 29.9 Å². The Morgan fingerprint density at radius 2 is 0.676 bits per heavy atom. The van der Waals surface area contributed by atoms with Gasteiger partial charge in [-0.3, -0.25) is 29.9 Å². The van der Waals surface area contributed by atoms with Crippen molar-refractivity contribution in [2.24, 2.45) is 0 Å². The maximum atomic E-state index is 4.46. The minimum atomic E-state index is 0. The zero-order valence-electron chi connectivity index (χ0n) is 19.7. The molecule has 0 aliphatic heterocycles. The Morgan fingerprint density at radius 1 is 0.351 bits per heavy atom. The van der Waals surface area contributed by atoms with Gasteiger partial charge < -0.3 is 0 Å². The van der Waals surface area contributed by atoms with E-state index in [-0.39, 0.29) is 20.1 Å². The molecule has 0 aliphatic carbocycles. The summed E-state index contributed by atoms with van der Waals surface area (Å²) in [6.07, 6.45) is 18.0. The Bertz CT molecular complexity index is 1280. The fraction of sp³-hybridized carbons (Fsp3) is 0. The number of hydrogen-bond acceptors (Lipinski definition) is 6. The van der Waals surface area contributed by atoms with Gasteiger partial charge in [0.1, 0.15) is 0 Å². The zero-order chi connectivity index (χ0) is 24.4. The third-order valence-corrected chi connectivity index (χ3v) is 5.43. The molecule has 0 amide bonds. The van der Waals surface area contributed by atoms with Crippen LogP contribution in [0, 0.1) is 0 Å². The van der Waals surface area contributed by atoms with Gasteiger partial charge in [0.2, 0.25) is 0 Å². The molecule has 6 nitrogen and oxygen atoms in total. The van der Waals surface area contributed by atoms with E-state index in [1.165, 1.54) is 0 Å². The summed E-state index contributed by atoms with van der Waals surface area (Å²) in [4.78, 5) is 25.5. The summed E-state index contributed by atoms with van der Waals surface area (Å²) in [5.74, 6) is 0. The average molecular weight is 659 g/mol. The van der Waals surface area contributed by atoms with Gasteiger partial charge in [0.15, 0.2) is 0 Å². The van der Waals surface area contributed by atoms with Gasteiger partial charge in [-0.15, -0.1) is 0 Å². The molecule has 0 aliphatic rings. The van der Waals surface area contributed by atoms with E-state index in [0.29, 0.717) is 0 Å². The van der Waals surface area contributed by atoms with Crippen molar-refractivity contribution in [2.45, 2.75) is 0 Å². The van der Waals surface area contributed by atoms with Crippen molar-refractivity contribution in [2.75, 3.05) is 0 Å². The van der Waals surface area contributed by atoms with Crippen LogP contribution in [-0.2, 0) is 20.1 Å². The van der Waals surface area contributed by atoms with Crippen LogP contribution in [0.15, 0.2) is 135 Å². The van der Waals surface area contributed by atoms with Gasteiger partial charge in [0, 0.05) is 115 Å². The van der Waals surface area contributed by atoms with Crippen LogP contribution in [0.2, 0.25) is 0 Å². The van der Waals surface area contributed by atoms with Gasteiger partial charge in [-0.05, 0) is 48.5 Å². The number of hydrogen-bond donors (Lipinski definition) is 0. The summed E-state index contributed by atoms with van der Waals surface area (Å²) in [7, 11) is 0. The summed E-state index contributed by atoms with van der Waals surface area (Å²) in [5.41, 5.74) is 8.14. The minimum Gasteiger partial charge on any atom is -0.264 e. The Labute approximate surface area is 229 Å². The topological polar surface area (TPSA) is 77.3 Å². The Balaban J connectivity index is 0.000000168. The van der Waals surface area contributed by atoms with Crippen LogP contribution in [0.3, 0.4) is 0 Å². The van der Waals surface area contributed by atoms with Crippen LogP contribution < -0.4 is 0 Å². The van der Waals surface area contributed by atoms with Crippen molar-refractivity contribution < 1.29 is 20.1 Å². The van der Waals surface area contributed by atoms with Gasteiger partial charge in [-0.25, -0.2) is 0 Å². The maximum absolute atomic E-state index is 4.46. The van der Waals surface area contributed by atoms with Gasteiger partial charge in [0.25, 0.3) is 0 Å². The van der Waals surface area contributed by atoms with Crippen LogP contribution in [-0.4, -0.2) is 29.9 Å². The fourth-order valence-electron chi connectivity index (χ4n) is 3.79. The van der Waals surface area contributed by atoms with Gasteiger partial charge >= 0.3 is 0 Å². The molecule has 37 heavy (non-hydrogen) atoms. The predicted molar refractivity (Wildman–Crippen MR) is 141 cm³/mol. The standard InChI is InChI=1S/2C15H11N3.Ir/c2*1-4-12(10-16-7-1)14-6-3-9-18-15(14)13-5-2-8-17-11-13;/h2*1-11H;. The number of aromatic nitrogens is 6. The van der Waals surface area contributed by atoms with E-state index in [1.54, 1.807) is 37.2 Å². The molecule has 0 saturated carbocycles. The minimum absolute atomic E-state index is 0. The summed E-state index contributed by atoms with van der Waals surface area (Å²) in [5, 5.41) is 0. The van der Waals surface area contributed by atoms with E-state index in [0.717, 1.165) is 44.8 Å². The first-order valence-electron chi connectivity index (χ1n) is 11.4. The Hall–Kier alpha value is -4.45. The molecule has 7 heteroatoms. The predicted octanol–water partition coefficient (Wildman–Crippen LogP) is 6.41. The van der Waals surface area contributed by atoms with Crippen LogP contribution in [0.25, 0.3) is 44.8 Å². The molecular formula is C30H22IrN6. The van der Waals surface area contributed by atoms with Crippen molar-refractivity contribution in [3.63, 3.8) is 0 Å². The molecule has 181 valence electrons. The molecule has 0 bridgehead atoms. The first-order valence-corrected chi connectivity index (χ1v) is 11.4. The van der Waals surface area contributed by atoms with Crippen molar-refractivity contribution in [1.29, 1.82) is 0 Å². The molecule has 0 saturated heterocycles. The van der Waals surface area contributed by atoms with Gasteiger partial charge in [-0.2, -0.15) is 0 Å². The molecule has 6 heterocycles. The number of pyridine rings is 6. The second kappa shape index (κ2) is 13.0. The third-order valence-electron chi connectivity index (χ3n) is 5.43. The molecule has 0 atom stereocenters. The SMILES string of the molecule is [Ir].c1cncc(-c2cccnc2-c2cccnc2)c1.c1cncc(-c2cccnc2-c2cccnc2)c1. The first-order chi connectivity index (χ1) is 17.9. The van der Waals surface area contributed by atoms with Crippen molar-refractivity contribution in [3.05, 3.63) is 135 Å². The third kappa shape index (κ3) is 6.41. The quantitative estimate of drug-likeness (QED) is 0.218. The molecule has 6 rings (SSSR count). The molecule has 1 radical (unpaired) electrons. The van der Waals surface area contributed by atoms with Gasteiger partial charge in [0.05, 0.1) is 11.4 Å². The van der Waals surface area contributed by atoms with E-state index in [2.05, 4.69) is 29.9 Å². The smallest absolute Gasteiger partial charge is 0.0796 e. The largest absolute Gasteiger partial charge is 0.264 e. The molecule has 6 aromatic rings. The average Bonchev–Trinajstić information content (AvgIpc) is 2.99. The molecule has 0 N–H and O–H groups in total. The van der Waals surface area contributed by atoms with Crippen LogP contribution in [0.1, 0.15) is 0 Å². The van der Waals surface area contributed by atoms with E-state index < -0.39 is 0 Å². The van der Waals surface area contributed by atoms with Crippen molar-refractivity contribution in [3.8, 4) is 44.8 Å². The number of rotatable bonds is 4. The molecule has 0 aromatic carbocycles. The first kappa shape index (κ1) is 25.6. The molecule has 0 spiro atoms. The zero-order valence-corrected chi connectivity index (χ0v) is 22.1.